The van der Waals surface area contributed by atoms with Gasteiger partial charge in [0.15, 0.2) is 5.79 Å². The highest BCUT2D eigenvalue weighted by Crippen LogP contribution is 2.58. The summed E-state index contributed by atoms with van der Waals surface area (Å²) >= 11 is 0. The molecule has 0 unspecified atom stereocenters. The average Bonchev–Trinajstić information content (AvgIpc) is 3.06. The Hall–Kier alpha value is -1.43. The number of amides is 1. The van der Waals surface area contributed by atoms with Crippen LogP contribution in [0.25, 0.3) is 0 Å². The number of rotatable bonds is 6. The van der Waals surface area contributed by atoms with Crippen LogP contribution in [0, 0.1) is 17.3 Å². The molecule has 3 fully saturated rings. The maximum atomic E-state index is 11.8. The summed E-state index contributed by atoms with van der Waals surface area (Å²) in [5, 5.41) is 21.5. The van der Waals surface area contributed by atoms with Gasteiger partial charge in [-0.3, -0.25) is 4.79 Å². The summed E-state index contributed by atoms with van der Waals surface area (Å²) in [4.78, 5) is 13.3. The zero-order valence-electron chi connectivity index (χ0n) is 19.8. The van der Waals surface area contributed by atoms with Crippen LogP contribution in [-0.2, 0) is 9.53 Å². The largest absolute Gasteiger partial charge is 0.388 e. The van der Waals surface area contributed by atoms with Crippen molar-refractivity contribution in [1.29, 1.82) is 0 Å². The molecule has 5 heteroatoms. The van der Waals surface area contributed by atoms with Gasteiger partial charge in [-0.2, -0.15) is 0 Å². The fourth-order valence-corrected chi connectivity index (χ4v) is 6.17. The minimum atomic E-state index is -1.47. The minimum Gasteiger partial charge on any atom is -0.388 e. The quantitative estimate of drug-likeness (QED) is 0.613. The van der Waals surface area contributed by atoms with Crippen LogP contribution in [0.3, 0.4) is 0 Å². The Labute approximate surface area is 187 Å². The van der Waals surface area contributed by atoms with Crippen LogP contribution in [0.1, 0.15) is 71.6 Å². The van der Waals surface area contributed by atoms with E-state index in [4.69, 9.17) is 4.74 Å². The SMILES string of the molecule is C=C1C(=CC=C2CCC[C@]3(C)[C@@H](CC)CC[C@@H]23)C[C@](O)(OCCC(=O)N(C)C)C[C@@H]1O. The number of hydrogen-bond acceptors (Lipinski definition) is 4. The third-order valence-corrected chi connectivity index (χ3v) is 8.13. The van der Waals surface area contributed by atoms with E-state index in [1.165, 1.54) is 42.6 Å². The molecular weight excluding hydrogens is 390 g/mol. The fourth-order valence-electron chi connectivity index (χ4n) is 6.17. The van der Waals surface area contributed by atoms with Gasteiger partial charge < -0.3 is 19.8 Å². The van der Waals surface area contributed by atoms with Crippen LogP contribution in [0.15, 0.2) is 35.5 Å². The van der Waals surface area contributed by atoms with Crippen LogP contribution in [0.4, 0.5) is 0 Å². The molecule has 3 aliphatic rings. The molecular formula is C26H41NO4. The third kappa shape index (κ3) is 5.15. The summed E-state index contributed by atoms with van der Waals surface area (Å²) in [5.74, 6) is -0.0768. The molecule has 5 nitrogen and oxygen atoms in total. The van der Waals surface area contributed by atoms with Crippen LogP contribution in [0.2, 0.25) is 0 Å². The maximum Gasteiger partial charge on any atom is 0.224 e. The van der Waals surface area contributed by atoms with Gasteiger partial charge in [-0.1, -0.05) is 44.6 Å². The number of allylic oxidation sites excluding steroid dienone is 3. The molecule has 3 aliphatic carbocycles. The molecule has 0 bridgehead atoms. The van der Waals surface area contributed by atoms with E-state index in [0.29, 0.717) is 16.9 Å². The third-order valence-electron chi connectivity index (χ3n) is 8.13. The van der Waals surface area contributed by atoms with Crippen molar-refractivity contribution in [2.75, 3.05) is 20.7 Å². The van der Waals surface area contributed by atoms with E-state index < -0.39 is 11.9 Å². The Bertz CT molecular complexity index is 755. The van der Waals surface area contributed by atoms with Gasteiger partial charge >= 0.3 is 0 Å². The van der Waals surface area contributed by atoms with Crippen molar-refractivity contribution >= 4 is 5.91 Å². The number of nitrogens with zero attached hydrogens (tertiary/aromatic N) is 1. The van der Waals surface area contributed by atoms with Gasteiger partial charge in [0.2, 0.25) is 5.91 Å². The lowest BCUT2D eigenvalue weighted by molar-refractivity contribution is -0.220. The molecule has 174 valence electrons. The standard InChI is InChI=1S/C26H41NO4/c1-6-21-11-12-22-19(8-7-14-25(21,22)3)9-10-20-16-26(30,17-23(28)18(20)2)31-15-13-24(29)27(4)5/h9-10,21-23,28,30H,2,6-8,11-17H2,1,3-5H3/t21-,22-,23-,25+,26-/m0/s1. The van der Waals surface area contributed by atoms with Crippen molar-refractivity contribution < 1.29 is 19.7 Å². The molecule has 0 spiro atoms. The molecule has 0 heterocycles. The van der Waals surface area contributed by atoms with Gasteiger partial charge in [-0.05, 0) is 60.5 Å². The van der Waals surface area contributed by atoms with Crippen molar-refractivity contribution in [2.24, 2.45) is 17.3 Å². The lowest BCUT2D eigenvalue weighted by Gasteiger charge is -2.42. The molecule has 31 heavy (non-hydrogen) atoms. The molecule has 2 N–H and O–H groups in total. The topological polar surface area (TPSA) is 70.0 Å². The summed E-state index contributed by atoms with van der Waals surface area (Å²) in [6, 6.07) is 0. The van der Waals surface area contributed by atoms with E-state index in [9.17, 15) is 15.0 Å². The van der Waals surface area contributed by atoms with Crippen LogP contribution < -0.4 is 0 Å². The number of carbonyl (C=O) groups excluding carboxylic acids is 1. The minimum absolute atomic E-state index is 0.0489. The number of aliphatic hydroxyl groups is 2. The molecule has 0 aromatic rings. The van der Waals surface area contributed by atoms with Crippen LogP contribution in [-0.4, -0.2) is 53.6 Å². The highest BCUT2D eigenvalue weighted by molar-refractivity contribution is 5.75. The molecule has 0 radical (unpaired) electrons. The van der Waals surface area contributed by atoms with E-state index in [-0.39, 0.29) is 31.8 Å². The first kappa shape index (κ1) is 24.2. The summed E-state index contributed by atoms with van der Waals surface area (Å²) in [7, 11) is 3.39. The molecule has 0 aliphatic heterocycles. The Morgan fingerprint density at radius 3 is 2.74 bits per heavy atom. The van der Waals surface area contributed by atoms with Gasteiger partial charge in [0.05, 0.1) is 19.1 Å². The number of carbonyl (C=O) groups is 1. The molecule has 0 saturated heterocycles. The zero-order chi connectivity index (χ0) is 22.8. The fraction of sp³-hybridized carbons (Fsp3) is 0.731. The second-order valence-corrected chi connectivity index (χ2v) is 10.3. The number of hydrogen-bond donors (Lipinski definition) is 2. The van der Waals surface area contributed by atoms with Gasteiger partial charge in [0, 0.05) is 26.9 Å². The van der Waals surface area contributed by atoms with Gasteiger partial charge in [-0.15, -0.1) is 0 Å². The van der Waals surface area contributed by atoms with E-state index in [0.717, 1.165) is 17.9 Å². The van der Waals surface area contributed by atoms with Crippen molar-refractivity contribution in [3.63, 3.8) is 0 Å². The predicted octanol–water partition coefficient (Wildman–Crippen LogP) is 4.36. The second kappa shape index (κ2) is 9.60. The summed E-state index contributed by atoms with van der Waals surface area (Å²) in [6.07, 6.45) is 11.5. The lowest BCUT2D eigenvalue weighted by atomic mass is 9.63. The predicted molar refractivity (Wildman–Crippen MR) is 123 cm³/mol. The van der Waals surface area contributed by atoms with Crippen LogP contribution in [0.5, 0.6) is 0 Å². The number of fused-ring (bicyclic) bond motifs is 1. The highest BCUT2D eigenvalue weighted by Gasteiger charge is 2.48. The highest BCUT2D eigenvalue weighted by atomic mass is 16.6. The van der Waals surface area contributed by atoms with E-state index in [1.54, 1.807) is 14.1 Å². The first-order chi connectivity index (χ1) is 14.6. The van der Waals surface area contributed by atoms with E-state index >= 15 is 0 Å². The average molecular weight is 432 g/mol. The molecule has 3 rings (SSSR count). The smallest absolute Gasteiger partial charge is 0.224 e. The summed E-state index contributed by atoms with van der Waals surface area (Å²) in [6.45, 7) is 8.99. The van der Waals surface area contributed by atoms with Crippen molar-refractivity contribution in [3.05, 3.63) is 35.5 Å². The molecule has 0 aromatic carbocycles. The second-order valence-electron chi connectivity index (χ2n) is 10.3. The van der Waals surface area contributed by atoms with Gasteiger partial charge in [0.25, 0.3) is 0 Å². The van der Waals surface area contributed by atoms with E-state index in [2.05, 4.69) is 26.5 Å². The normalized spacial score (nSPS) is 38.5. The van der Waals surface area contributed by atoms with Gasteiger partial charge in [-0.25, -0.2) is 0 Å². The Balaban J connectivity index is 1.73. The maximum absolute atomic E-state index is 11.8. The Morgan fingerprint density at radius 2 is 2.06 bits per heavy atom. The molecule has 1 amide bonds. The summed E-state index contributed by atoms with van der Waals surface area (Å²) < 4.78 is 5.69. The lowest BCUT2D eigenvalue weighted by Crippen LogP contribution is -2.42. The monoisotopic (exact) mass is 431 g/mol. The molecule has 3 saturated carbocycles. The van der Waals surface area contributed by atoms with E-state index in [1.807, 2.05) is 6.08 Å². The Kier molecular flexibility index (Phi) is 7.50. The summed E-state index contributed by atoms with van der Waals surface area (Å²) in [5.41, 5.74) is 3.41. The number of aliphatic hydroxyl groups excluding tert-OH is 1. The van der Waals surface area contributed by atoms with Gasteiger partial charge in [0.1, 0.15) is 0 Å². The number of ether oxygens (including phenoxy) is 1. The Morgan fingerprint density at radius 1 is 1.32 bits per heavy atom. The van der Waals surface area contributed by atoms with Crippen molar-refractivity contribution in [2.45, 2.75) is 83.5 Å². The van der Waals surface area contributed by atoms with Crippen LogP contribution >= 0.6 is 0 Å². The first-order valence-electron chi connectivity index (χ1n) is 11.9. The zero-order valence-corrected chi connectivity index (χ0v) is 19.8. The van der Waals surface area contributed by atoms with Crippen molar-refractivity contribution in [1.82, 2.24) is 4.90 Å². The molecule has 0 aromatic heterocycles. The first-order valence-corrected chi connectivity index (χ1v) is 11.9. The van der Waals surface area contributed by atoms with Crippen molar-refractivity contribution in [3.8, 4) is 0 Å². The molecule has 5 atom stereocenters.